The van der Waals surface area contributed by atoms with E-state index in [0.29, 0.717) is 18.8 Å². The molecule has 0 aliphatic carbocycles. The molecule has 0 radical (unpaired) electrons. The number of aromatic nitrogens is 2. The number of hydrogen-bond acceptors (Lipinski definition) is 4. The Bertz CT molecular complexity index is 540. The van der Waals surface area contributed by atoms with Crippen molar-refractivity contribution >= 4 is 5.91 Å². The minimum absolute atomic E-state index is 0.0445. The molecular weight excluding hydrogens is 237 g/mol. The van der Waals surface area contributed by atoms with Gasteiger partial charge in [0.25, 0.3) is 5.91 Å². The topological polar surface area (TPSA) is 68.0 Å². The first kappa shape index (κ1) is 12.2. The number of hydrogen-bond donors (Lipinski definition) is 1. The second-order valence-corrected chi connectivity index (χ2v) is 3.84. The van der Waals surface area contributed by atoms with Crippen molar-refractivity contribution < 1.29 is 13.7 Å². The number of benzene rings is 1. The Hall–Kier alpha value is -2.24. The van der Waals surface area contributed by atoms with E-state index < -0.39 is 11.7 Å². The van der Waals surface area contributed by atoms with Gasteiger partial charge in [0.05, 0.1) is 5.56 Å². The Balaban J connectivity index is 1.93. The average Bonchev–Trinajstić information content (AvgIpc) is 2.85. The van der Waals surface area contributed by atoms with Crippen molar-refractivity contribution in [3.05, 3.63) is 47.4 Å². The molecule has 1 heterocycles. The molecule has 1 amide bonds. The summed E-state index contributed by atoms with van der Waals surface area (Å²) in [7, 11) is 0. The standard InChI is InChI=1S/C12H12FN3O2/c1-8-2-3-10(13)9(6-8)12(17)14-5-4-11-15-7-18-16-11/h2-3,6-7H,4-5H2,1H3,(H,14,17). The molecule has 2 rings (SSSR count). The fourth-order valence-electron chi connectivity index (χ4n) is 1.50. The molecule has 0 aliphatic heterocycles. The molecular formula is C12H12FN3O2. The van der Waals surface area contributed by atoms with E-state index in [0.717, 1.165) is 5.56 Å². The van der Waals surface area contributed by atoms with Crippen LogP contribution >= 0.6 is 0 Å². The SMILES string of the molecule is Cc1ccc(F)c(C(=O)NCCc2ncon2)c1. The molecule has 0 atom stereocenters. The fraction of sp³-hybridized carbons (Fsp3) is 0.250. The van der Waals surface area contributed by atoms with E-state index in [-0.39, 0.29) is 5.56 Å². The van der Waals surface area contributed by atoms with Crippen molar-refractivity contribution in [3.8, 4) is 0 Å². The highest BCUT2D eigenvalue weighted by Crippen LogP contribution is 2.09. The van der Waals surface area contributed by atoms with Crippen LogP contribution in [0.5, 0.6) is 0 Å². The van der Waals surface area contributed by atoms with Gasteiger partial charge in [-0.05, 0) is 19.1 Å². The zero-order valence-electron chi connectivity index (χ0n) is 9.81. The Morgan fingerprint density at radius 1 is 1.50 bits per heavy atom. The lowest BCUT2D eigenvalue weighted by Gasteiger charge is -2.05. The van der Waals surface area contributed by atoms with Crippen molar-refractivity contribution in [1.29, 1.82) is 0 Å². The minimum Gasteiger partial charge on any atom is -0.351 e. The van der Waals surface area contributed by atoms with E-state index in [9.17, 15) is 9.18 Å². The molecule has 0 unspecified atom stereocenters. The molecule has 0 spiro atoms. The van der Waals surface area contributed by atoms with Gasteiger partial charge in [-0.15, -0.1) is 0 Å². The third kappa shape index (κ3) is 2.91. The van der Waals surface area contributed by atoms with Gasteiger partial charge in [0.2, 0.25) is 6.39 Å². The smallest absolute Gasteiger partial charge is 0.254 e. The van der Waals surface area contributed by atoms with Crippen LogP contribution in [0.4, 0.5) is 4.39 Å². The van der Waals surface area contributed by atoms with Crippen LogP contribution in [0, 0.1) is 12.7 Å². The molecule has 0 saturated heterocycles. The van der Waals surface area contributed by atoms with Crippen molar-refractivity contribution in [3.63, 3.8) is 0 Å². The molecule has 0 saturated carbocycles. The maximum Gasteiger partial charge on any atom is 0.254 e. The van der Waals surface area contributed by atoms with E-state index in [4.69, 9.17) is 0 Å². The molecule has 6 heteroatoms. The first-order chi connectivity index (χ1) is 8.66. The molecule has 1 N–H and O–H groups in total. The number of aryl methyl sites for hydroxylation is 1. The van der Waals surface area contributed by atoms with Gasteiger partial charge in [0, 0.05) is 13.0 Å². The van der Waals surface area contributed by atoms with Gasteiger partial charge in [-0.1, -0.05) is 16.8 Å². The van der Waals surface area contributed by atoms with Crippen LogP contribution in [0.25, 0.3) is 0 Å². The zero-order valence-corrected chi connectivity index (χ0v) is 9.81. The molecule has 0 bridgehead atoms. The van der Waals surface area contributed by atoms with Gasteiger partial charge in [0.15, 0.2) is 5.82 Å². The van der Waals surface area contributed by atoms with Crippen LogP contribution in [0.15, 0.2) is 29.1 Å². The maximum atomic E-state index is 13.4. The Kier molecular flexibility index (Phi) is 3.66. The summed E-state index contributed by atoms with van der Waals surface area (Å²) < 4.78 is 18.0. The van der Waals surface area contributed by atoms with Gasteiger partial charge in [0.1, 0.15) is 5.82 Å². The van der Waals surface area contributed by atoms with E-state index in [1.807, 2.05) is 0 Å². The molecule has 5 nitrogen and oxygen atoms in total. The summed E-state index contributed by atoms with van der Waals surface area (Å²) in [5.74, 6) is -0.475. The largest absolute Gasteiger partial charge is 0.351 e. The van der Waals surface area contributed by atoms with Gasteiger partial charge >= 0.3 is 0 Å². The number of carbonyl (C=O) groups is 1. The Morgan fingerprint density at radius 3 is 3.06 bits per heavy atom. The van der Waals surface area contributed by atoms with Crippen LogP contribution in [0.2, 0.25) is 0 Å². The van der Waals surface area contributed by atoms with Crippen molar-refractivity contribution in [2.75, 3.05) is 6.54 Å². The molecule has 94 valence electrons. The highest BCUT2D eigenvalue weighted by atomic mass is 19.1. The third-order valence-corrected chi connectivity index (χ3v) is 2.41. The zero-order chi connectivity index (χ0) is 13.0. The van der Waals surface area contributed by atoms with E-state index in [2.05, 4.69) is 20.0 Å². The van der Waals surface area contributed by atoms with Crippen molar-refractivity contribution in [2.45, 2.75) is 13.3 Å². The highest BCUT2D eigenvalue weighted by molar-refractivity contribution is 5.94. The predicted octanol–water partition coefficient (Wildman–Crippen LogP) is 1.49. The third-order valence-electron chi connectivity index (χ3n) is 2.41. The highest BCUT2D eigenvalue weighted by Gasteiger charge is 2.11. The molecule has 1 aromatic heterocycles. The van der Waals surface area contributed by atoms with E-state index in [1.165, 1.54) is 18.5 Å². The normalized spacial score (nSPS) is 10.3. The van der Waals surface area contributed by atoms with Crippen LogP contribution in [-0.4, -0.2) is 22.6 Å². The molecule has 0 aliphatic rings. The maximum absolute atomic E-state index is 13.4. The van der Waals surface area contributed by atoms with Gasteiger partial charge in [-0.3, -0.25) is 4.79 Å². The molecule has 1 aromatic carbocycles. The first-order valence-corrected chi connectivity index (χ1v) is 5.46. The Labute approximate surface area is 103 Å². The summed E-state index contributed by atoms with van der Waals surface area (Å²) in [5, 5.41) is 6.21. The molecule has 2 aromatic rings. The fourth-order valence-corrected chi connectivity index (χ4v) is 1.50. The summed E-state index contributed by atoms with van der Waals surface area (Å²) in [6, 6.07) is 4.41. The van der Waals surface area contributed by atoms with Crippen LogP contribution in [0.3, 0.4) is 0 Å². The number of amides is 1. The summed E-state index contributed by atoms with van der Waals surface area (Å²) in [4.78, 5) is 15.5. The number of carbonyl (C=O) groups excluding carboxylic acids is 1. The van der Waals surface area contributed by atoms with Crippen molar-refractivity contribution in [1.82, 2.24) is 15.5 Å². The van der Waals surface area contributed by atoms with Gasteiger partial charge < -0.3 is 9.84 Å². The van der Waals surface area contributed by atoms with E-state index >= 15 is 0 Å². The lowest BCUT2D eigenvalue weighted by molar-refractivity contribution is 0.0950. The van der Waals surface area contributed by atoms with Crippen LogP contribution in [0.1, 0.15) is 21.7 Å². The van der Waals surface area contributed by atoms with Crippen LogP contribution < -0.4 is 5.32 Å². The van der Waals surface area contributed by atoms with Gasteiger partial charge in [-0.2, -0.15) is 4.98 Å². The lowest BCUT2D eigenvalue weighted by atomic mass is 10.1. The van der Waals surface area contributed by atoms with Crippen LogP contribution in [-0.2, 0) is 6.42 Å². The summed E-state index contributed by atoms with van der Waals surface area (Å²) >= 11 is 0. The predicted molar refractivity (Wildman–Crippen MR) is 61.5 cm³/mol. The Morgan fingerprint density at radius 2 is 2.33 bits per heavy atom. The van der Waals surface area contributed by atoms with E-state index in [1.54, 1.807) is 13.0 Å². The number of rotatable bonds is 4. The molecule has 18 heavy (non-hydrogen) atoms. The molecule has 0 fully saturated rings. The monoisotopic (exact) mass is 249 g/mol. The minimum atomic E-state index is -0.530. The summed E-state index contributed by atoms with van der Waals surface area (Å²) in [6.07, 6.45) is 1.66. The number of nitrogens with zero attached hydrogens (tertiary/aromatic N) is 2. The number of nitrogens with one attached hydrogen (secondary N) is 1. The van der Waals surface area contributed by atoms with Gasteiger partial charge in [-0.25, -0.2) is 4.39 Å². The summed E-state index contributed by atoms with van der Waals surface area (Å²) in [6.45, 7) is 2.13. The second kappa shape index (κ2) is 5.39. The number of halogens is 1. The second-order valence-electron chi connectivity index (χ2n) is 3.84. The quantitative estimate of drug-likeness (QED) is 0.891. The first-order valence-electron chi connectivity index (χ1n) is 5.46. The average molecular weight is 249 g/mol. The van der Waals surface area contributed by atoms with Crippen molar-refractivity contribution in [2.24, 2.45) is 0 Å². The lowest BCUT2D eigenvalue weighted by Crippen LogP contribution is -2.26. The summed E-state index contributed by atoms with van der Waals surface area (Å²) in [5.41, 5.74) is 0.878.